The summed E-state index contributed by atoms with van der Waals surface area (Å²) in [6, 6.07) is 1.61. The van der Waals surface area contributed by atoms with Gasteiger partial charge in [-0.1, -0.05) is 28.1 Å². The fraction of sp³-hybridized carbons (Fsp3) is 0.469. The molecule has 3 saturated heterocycles. The summed E-state index contributed by atoms with van der Waals surface area (Å²) in [4.78, 5) is 63.5. The van der Waals surface area contributed by atoms with E-state index in [0.717, 1.165) is 55.7 Å². The molecule has 0 bridgehead atoms. The maximum absolute atomic E-state index is 14.0. The van der Waals surface area contributed by atoms with E-state index in [0.29, 0.717) is 34.8 Å². The third kappa shape index (κ3) is 6.37. The summed E-state index contributed by atoms with van der Waals surface area (Å²) in [5, 5.41) is 52.9. The molecule has 0 spiro atoms. The predicted molar refractivity (Wildman–Crippen MR) is 195 cm³/mol. The van der Waals surface area contributed by atoms with Crippen LogP contribution < -0.4 is 16.4 Å². The lowest BCUT2D eigenvalue weighted by atomic mass is 9.91. The molecule has 1 aromatic carbocycles. The summed E-state index contributed by atoms with van der Waals surface area (Å²) in [6.45, 7) is 5.18. The van der Waals surface area contributed by atoms with E-state index in [2.05, 4.69) is 41.4 Å². The lowest BCUT2D eigenvalue weighted by Crippen LogP contribution is -2.70. The Labute approximate surface area is 320 Å². The average Bonchev–Trinajstić information content (AvgIpc) is 3.94. The Balaban J connectivity index is 1.12. The Bertz CT molecular complexity index is 2080. The van der Waals surface area contributed by atoms with Crippen LogP contribution in [0.1, 0.15) is 60.6 Å². The molecule has 0 radical (unpaired) electrons. The number of aromatic hydroxyl groups is 2. The second-order valence-electron chi connectivity index (χ2n) is 14.1. The van der Waals surface area contributed by atoms with Gasteiger partial charge >= 0.3 is 5.97 Å². The molecule has 22 heteroatoms. The Kier molecular flexibility index (Phi) is 9.69. The number of β-lactam (4-membered cyclic amide) rings is 1. The normalized spacial score (nSPS) is 25.2. The van der Waals surface area contributed by atoms with Gasteiger partial charge in [-0.05, 0) is 36.4 Å². The third-order valence-electron chi connectivity index (χ3n) is 10.6. The van der Waals surface area contributed by atoms with Crippen LogP contribution in [0.15, 0.2) is 29.1 Å². The fourth-order valence-electron chi connectivity index (χ4n) is 7.81. The van der Waals surface area contributed by atoms with E-state index >= 15 is 0 Å². The number of aromatic nitrogens is 5. The van der Waals surface area contributed by atoms with Crippen LogP contribution in [0.25, 0.3) is 5.70 Å². The number of hydrogen-bond donors (Lipinski definition) is 7. The van der Waals surface area contributed by atoms with Crippen molar-refractivity contribution < 1.29 is 43.8 Å². The molecule has 2 atom stereocenters. The molecule has 286 valence electrons. The predicted octanol–water partition coefficient (Wildman–Crippen LogP) is 1.27. The quantitative estimate of drug-likeness (QED) is 0.0447. The van der Waals surface area contributed by atoms with Crippen molar-refractivity contribution in [3.8, 4) is 11.5 Å². The highest BCUT2D eigenvalue weighted by Crippen LogP contribution is 2.50. The first-order valence-electron chi connectivity index (χ1n) is 16.9. The van der Waals surface area contributed by atoms with Crippen LogP contribution in [-0.4, -0.2) is 134 Å². The van der Waals surface area contributed by atoms with Gasteiger partial charge in [-0.3, -0.25) is 19.3 Å². The average molecular weight is 803 g/mol. The van der Waals surface area contributed by atoms with Crippen LogP contribution >= 0.6 is 34.7 Å². The van der Waals surface area contributed by atoms with Crippen molar-refractivity contribution >= 4 is 74.9 Å². The van der Waals surface area contributed by atoms with E-state index < -0.39 is 52.2 Å². The molecule has 2 aromatic heterocycles. The van der Waals surface area contributed by atoms with Crippen molar-refractivity contribution in [2.75, 3.05) is 37.7 Å². The SMILES string of the molecule is CC(C)(O/N=C(\C(=O)N[C@@H]1C(=O)N2C(c3nnn[nH]3)=C(C[N+]34CCCC3(CNC(=O)c3ccc(O)c(O)c3Cl)CCC4)CS[C@H]12)c1cnc(N)s1)C(=O)O. The number of hydrogen-bond acceptors (Lipinski definition) is 15. The topological polar surface area (TPSA) is 271 Å². The van der Waals surface area contributed by atoms with Gasteiger partial charge in [0, 0.05) is 43.2 Å². The lowest BCUT2D eigenvalue weighted by Gasteiger charge is -2.51. The van der Waals surface area contributed by atoms with Gasteiger partial charge in [0.25, 0.3) is 17.7 Å². The molecule has 19 nitrogen and oxygen atoms in total. The highest BCUT2D eigenvalue weighted by molar-refractivity contribution is 8.00. The van der Waals surface area contributed by atoms with Crippen molar-refractivity contribution in [3.63, 3.8) is 0 Å². The highest BCUT2D eigenvalue weighted by Gasteiger charge is 2.60. The summed E-state index contributed by atoms with van der Waals surface area (Å²) in [6.07, 6.45) is 4.90. The summed E-state index contributed by atoms with van der Waals surface area (Å²) in [5.41, 5.74) is 4.98. The molecular weight excluding hydrogens is 766 g/mol. The zero-order valence-electron chi connectivity index (χ0n) is 29.0. The van der Waals surface area contributed by atoms with E-state index in [1.165, 1.54) is 43.9 Å². The van der Waals surface area contributed by atoms with Gasteiger partial charge in [-0.15, -0.1) is 16.9 Å². The number of carbonyl (C=O) groups is 4. The number of phenolic OH excluding ortho intramolecular Hbond substituents is 2. The van der Waals surface area contributed by atoms with Gasteiger partial charge in [-0.25, -0.2) is 14.9 Å². The van der Waals surface area contributed by atoms with Gasteiger partial charge in [-0.2, -0.15) is 0 Å². The number of fused-ring (bicyclic) bond motifs is 2. The first-order chi connectivity index (χ1) is 25.7. The number of carboxylic acid groups (broad SMARTS) is 1. The molecule has 0 saturated carbocycles. The summed E-state index contributed by atoms with van der Waals surface area (Å²) >= 11 is 8.61. The number of rotatable bonds is 12. The summed E-state index contributed by atoms with van der Waals surface area (Å²) in [5.74, 6) is -3.13. The molecule has 6 heterocycles. The number of amides is 3. The van der Waals surface area contributed by atoms with Crippen molar-refractivity contribution in [1.82, 2.24) is 41.1 Å². The minimum absolute atomic E-state index is 0.0548. The van der Waals surface area contributed by atoms with Crippen LogP contribution in [0, 0.1) is 0 Å². The van der Waals surface area contributed by atoms with E-state index in [4.69, 9.17) is 22.2 Å². The molecule has 3 aromatic rings. The fourth-order valence-corrected chi connectivity index (χ4v) is 10.1. The molecule has 0 aliphatic carbocycles. The first kappa shape index (κ1) is 37.3. The van der Waals surface area contributed by atoms with Gasteiger partial charge in [0.1, 0.15) is 23.5 Å². The number of nitrogens with zero attached hydrogens (tertiary/aromatic N) is 7. The number of carboxylic acids is 1. The largest absolute Gasteiger partial charge is 0.504 e. The Morgan fingerprint density at radius 2 is 1.98 bits per heavy atom. The maximum atomic E-state index is 14.0. The molecule has 4 aliphatic rings. The zero-order valence-corrected chi connectivity index (χ0v) is 31.4. The van der Waals surface area contributed by atoms with Crippen LogP contribution in [0.4, 0.5) is 5.13 Å². The number of tetrazole rings is 1. The standard InChI is InChI=1S/C32H36ClN11O8S2/c1-31(2,29(50)51)52-40-20(18-11-35-30(34)54-18)26(48)37-21-27(49)43-22(24-38-41-42-39-24)15(13-53-28(21)43)12-44-9-3-7-32(44,8-4-10-44)14-36-25(47)16-5-6-17(45)23(46)19(16)33/h5-6,11,21,28H,3-4,7-10,12-14H2,1-2H3,(H7-,34,35,36,37,38,39,40,41,42,45,46,47,48,50,51)/p+1/t21-,28-,32?,44?/m1/s1. The van der Waals surface area contributed by atoms with Crippen molar-refractivity contribution in [3.05, 3.63) is 45.2 Å². The Hall–Kier alpha value is -4.99. The van der Waals surface area contributed by atoms with Gasteiger partial charge < -0.3 is 41.0 Å². The number of aromatic amines is 1. The number of phenols is 2. The maximum Gasteiger partial charge on any atom is 0.350 e. The van der Waals surface area contributed by atoms with E-state index in [9.17, 15) is 34.5 Å². The smallest absolute Gasteiger partial charge is 0.350 e. The minimum atomic E-state index is -1.75. The zero-order chi connectivity index (χ0) is 38.6. The lowest BCUT2D eigenvalue weighted by molar-refractivity contribution is -0.946. The molecule has 4 aliphatic heterocycles. The first-order valence-corrected chi connectivity index (χ1v) is 19.2. The summed E-state index contributed by atoms with van der Waals surface area (Å²) in [7, 11) is 0. The number of halogens is 1. The van der Waals surface area contributed by atoms with Gasteiger partial charge in [0.05, 0.1) is 40.8 Å². The molecule has 0 unspecified atom stereocenters. The number of H-pyrrole nitrogens is 1. The number of nitrogens with one attached hydrogen (secondary N) is 3. The number of oxime groups is 1. The Morgan fingerprint density at radius 1 is 1.24 bits per heavy atom. The second-order valence-corrected chi connectivity index (χ2v) is 16.7. The number of anilines is 1. The van der Waals surface area contributed by atoms with Crippen molar-refractivity contribution in [1.29, 1.82) is 0 Å². The van der Waals surface area contributed by atoms with Gasteiger partial charge in [0.15, 0.2) is 28.2 Å². The number of nitrogens with two attached hydrogens (primary N) is 1. The number of carbonyl (C=O) groups excluding carboxylic acids is 3. The number of nitrogen functional groups attached to an aromatic ring is 1. The van der Waals surface area contributed by atoms with E-state index in [1.807, 2.05) is 0 Å². The molecule has 8 N–H and O–H groups in total. The van der Waals surface area contributed by atoms with Gasteiger partial charge in [0.2, 0.25) is 5.60 Å². The van der Waals surface area contributed by atoms with Crippen LogP contribution in [0.3, 0.4) is 0 Å². The number of benzene rings is 1. The highest BCUT2D eigenvalue weighted by atomic mass is 35.5. The number of aliphatic carboxylic acids is 1. The number of quaternary nitrogens is 1. The molecule has 7 rings (SSSR count). The third-order valence-corrected chi connectivity index (χ3v) is 13.2. The van der Waals surface area contributed by atoms with E-state index in [-0.39, 0.29) is 31.8 Å². The van der Waals surface area contributed by atoms with Crippen LogP contribution in [0.2, 0.25) is 5.02 Å². The van der Waals surface area contributed by atoms with Crippen molar-refractivity contribution in [2.45, 2.75) is 62.1 Å². The minimum Gasteiger partial charge on any atom is -0.504 e. The second kappa shape index (κ2) is 14.0. The monoisotopic (exact) mass is 802 g/mol. The van der Waals surface area contributed by atoms with Crippen LogP contribution in [-0.2, 0) is 19.2 Å². The number of thioether (sulfide) groups is 1. The van der Waals surface area contributed by atoms with E-state index in [1.54, 1.807) is 4.90 Å². The summed E-state index contributed by atoms with van der Waals surface area (Å²) < 4.78 is 0.681. The molecular formula is C32H37ClN11O8S2+. The molecule has 3 fully saturated rings. The van der Waals surface area contributed by atoms with Crippen LogP contribution in [0.5, 0.6) is 11.5 Å². The Morgan fingerprint density at radius 3 is 2.63 bits per heavy atom. The molecule has 3 amide bonds. The van der Waals surface area contributed by atoms with Crippen molar-refractivity contribution in [2.24, 2.45) is 5.16 Å². The number of thiazole rings is 1. The molecule has 54 heavy (non-hydrogen) atoms.